The number of fused-ring (bicyclic) bond motifs is 1. The average Bonchev–Trinajstić information content (AvgIpc) is 2.70. The van der Waals surface area contributed by atoms with E-state index in [9.17, 15) is 0 Å². The molecule has 88 valence electrons. The summed E-state index contributed by atoms with van der Waals surface area (Å²) in [5, 5.41) is 6.19. The third-order valence-corrected chi connectivity index (χ3v) is 4.44. The molecule has 2 unspecified atom stereocenters. The second-order valence-corrected chi connectivity index (χ2v) is 5.51. The van der Waals surface area contributed by atoms with E-state index in [4.69, 9.17) is 0 Å². The van der Waals surface area contributed by atoms with Gasteiger partial charge in [-0.25, -0.2) is 0 Å². The molecule has 1 saturated heterocycles. The largest absolute Gasteiger partial charge is 0.316 e. The highest BCUT2D eigenvalue weighted by Crippen LogP contribution is 2.36. The fourth-order valence-corrected chi connectivity index (χ4v) is 2.88. The van der Waals surface area contributed by atoms with Crippen molar-refractivity contribution in [2.75, 3.05) is 13.1 Å². The smallest absolute Gasteiger partial charge is 0.00873 e. The summed E-state index contributed by atoms with van der Waals surface area (Å²) in [6, 6.07) is 15.5. The minimum absolute atomic E-state index is 0.282. The molecule has 0 aromatic heterocycles. The topological polar surface area (TPSA) is 12.0 Å². The lowest BCUT2D eigenvalue weighted by Gasteiger charge is -2.29. The van der Waals surface area contributed by atoms with E-state index in [2.05, 4.69) is 61.6 Å². The number of hydrogen-bond acceptors (Lipinski definition) is 1. The zero-order valence-electron chi connectivity index (χ0n) is 10.5. The summed E-state index contributed by atoms with van der Waals surface area (Å²) in [6.45, 7) is 6.94. The molecule has 17 heavy (non-hydrogen) atoms. The summed E-state index contributed by atoms with van der Waals surface area (Å²) in [4.78, 5) is 0. The Morgan fingerprint density at radius 3 is 2.59 bits per heavy atom. The Balaban J connectivity index is 2.12. The number of rotatable bonds is 1. The molecular formula is C16H19N. The van der Waals surface area contributed by atoms with Crippen LogP contribution in [0, 0.1) is 5.92 Å². The van der Waals surface area contributed by atoms with Crippen molar-refractivity contribution in [3.8, 4) is 0 Å². The van der Waals surface area contributed by atoms with Gasteiger partial charge in [-0.15, -0.1) is 0 Å². The van der Waals surface area contributed by atoms with E-state index in [0.29, 0.717) is 5.92 Å². The maximum Gasteiger partial charge on any atom is 0.00873 e. The molecule has 1 aliphatic heterocycles. The number of nitrogens with one attached hydrogen (secondary N) is 1. The Kier molecular flexibility index (Phi) is 2.44. The molecule has 0 saturated carbocycles. The molecule has 2 aromatic rings. The van der Waals surface area contributed by atoms with Gasteiger partial charge in [0.2, 0.25) is 0 Å². The van der Waals surface area contributed by atoms with Crippen LogP contribution in [0.4, 0.5) is 0 Å². The lowest BCUT2D eigenvalue weighted by Crippen LogP contribution is -2.29. The Morgan fingerprint density at radius 2 is 1.88 bits per heavy atom. The van der Waals surface area contributed by atoms with Gasteiger partial charge in [0.25, 0.3) is 0 Å². The third-order valence-electron chi connectivity index (χ3n) is 4.44. The van der Waals surface area contributed by atoms with Gasteiger partial charge in [-0.3, -0.25) is 0 Å². The van der Waals surface area contributed by atoms with Crippen LogP contribution in [0.25, 0.3) is 10.8 Å². The molecule has 0 aliphatic carbocycles. The number of hydrogen-bond donors (Lipinski definition) is 1. The molecular weight excluding hydrogens is 206 g/mol. The predicted octanol–water partition coefficient (Wildman–Crippen LogP) is 3.34. The lowest BCUT2D eigenvalue weighted by atomic mass is 9.74. The van der Waals surface area contributed by atoms with Crippen molar-refractivity contribution >= 4 is 10.8 Å². The van der Waals surface area contributed by atoms with E-state index < -0.39 is 0 Å². The molecule has 2 atom stereocenters. The van der Waals surface area contributed by atoms with Crippen LogP contribution in [-0.4, -0.2) is 13.1 Å². The van der Waals surface area contributed by atoms with Crippen LogP contribution >= 0.6 is 0 Å². The standard InChI is InChI=1S/C16H19N/c1-12-10-17-11-16(12,2)15-8-7-13-5-3-4-6-14(13)9-15/h3-9,12,17H,10-11H2,1-2H3. The Labute approximate surface area is 103 Å². The van der Waals surface area contributed by atoms with Crippen molar-refractivity contribution in [3.63, 3.8) is 0 Å². The molecule has 3 rings (SSSR count). The minimum atomic E-state index is 0.282. The van der Waals surface area contributed by atoms with Crippen LogP contribution in [0.2, 0.25) is 0 Å². The van der Waals surface area contributed by atoms with Gasteiger partial charge in [0.15, 0.2) is 0 Å². The first-order valence-electron chi connectivity index (χ1n) is 6.40. The zero-order chi connectivity index (χ0) is 11.9. The van der Waals surface area contributed by atoms with Crippen LogP contribution in [-0.2, 0) is 5.41 Å². The fraction of sp³-hybridized carbons (Fsp3) is 0.375. The first-order valence-corrected chi connectivity index (χ1v) is 6.40. The van der Waals surface area contributed by atoms with Crippen molar-refractivity contribution in [2.45, 2.75) is 19.3 Å². The molecule has 1 heterocycles. The van der Waals surface area contributed by atoms with Gasteiger partial charge in [-0.05, 0) is 28.8 Å². The molecule has 1 aliphatic rings. The number of benzene rings is 2. The molecule has 2 aromatic carbocycles. The maximum atomic E-state index is 3.51. The maximum absolute atomic E-state index is 3.51. The average molecular weight is 225 g/mol. The van der Waals surface area contributed by atoms with Gasteiger partial charge in [-0.1, -0.05) is 56.3 Å². The van der Waals surface area contributed by atoms with Crippen molar-refractivity contribution in [3.05, 3.63) is 48.0 Å². The summed E-state index contributed by atoms with van der Waals surface area (Å²) in [5.41, 5.74) is 1.75. The molecule has 1 nitrogen and oxygen atoms in total. The molecule has 1 heteroatoms. The molecule has 1 N–H and O–H groups in total. The second kappa shape index (κ2) is 3.85. The van der Waals surface area contributed by atoms with Crippen LogP contribution < -0.4 is 5.32 Å². The normalized spacial score (nSPS) is 28.7. The zero-order valence-corrected chi connectivity index (χ0v) is 10.5. The van der Waals surface area contributed by atoms with Gasteiger partial charge >= 0.3 is 0 Å². The molecule has 0 amide bonds. The van der Waals surface area contributed by atoms with Crippen molar-refractivity contribution in [2.24, 2.45) is 5.92 Å². The molecule has 0 bridgehead atoms. The van der Waals surface area contributed by atoms with Crippen LogP contribution in [0.5, 0.6) is 0 Å². The van der Waals surface area contributed by atoms with E-state index in [1.165, 1.54) is 16.3 Å². The van der Waals surface area contributed by atoms with Crippen LogP contribution in [0.1, 0.15) is 19.4 Å². The van der Waals surface area contributed by atoms with E-state index in [0.717, 1.165) is 13.1 Å². The van der Waals surface area contributed by atoms with Crippen molar-refractivity contribution < 1.29 is 0 Å². The minimum Gasteiger partial charge on any atom is -0.316 e. The SMILES string of the molecule is CC1CNCC1(C)c1ccc2ccccc2c1. The lowest BCUT2D eigenvalue weighted by molar-refractivity contribution is 0.404. The van der Waals surface area contributed by atoms with E-state index in [1.54, 1.807) is 0 Å². The van der Waals surface area contributed by atoms with Crippen LogP contribution in [0.3, 0.4) is 0 Å². The molecule has 0 spiro atoms. The summed E-state index contributed by atoms with van der Waals surface area (Å²) in [7, 11) is 0. The summed E-state index contributed by atoms with van der Waals surface area (Å²) < 4.78 is 0. The Hall–Kier alpha value is -1.34. The Morgan fingerprint density at radius 1 is 1.12 bits per heavy atom. The summed E-state index contributed by atoms with van der Waals surface area (Å²) >= 11 is 0. The fourth-order valence-electron chi connectivity index (χ4n) is 2.88. The predicted molar refractivity (Wildman–Crippen MR) is 73.3 cm³/mol. The van der Waals surface area contributed by atoms with Crippen molar-refractivity contribution in [1.29, 1.82) is 0 Å². The van der Waals surface area contributed by atoms with Gasteiger partial charge in [0.05, 0.1) is 0 Å². The van der Waals surface area contributed by atoms with Crippen LogP contribution in [0.15, 0.2) is 42.5 Å². The van der Waals surface area contributed by atoms with E-state index in [-0.39, 0.29) is 5.41 Å². The Bertz CT molecular complexity index is 546. The van der Waals surface area contributed by atoms with E-state index >= 15 is 0 Å². The third kappa shape index (κ3) is 1.66. The van der Waals surface area contributed by atoms with Gasteiger partial charge < -0.3 is 5.32 Å². The highest BCUT2D eigenvalue weighted by Gasteiger charge is 2.37. The van der Waals surface area contributed by atoms with Gasteiger partial charge in [-0.2, -0.15) is 0 Å². The second-order valence-electron chi connectivity index (χ2n) is 5.51. The molecule has 1 fully saturated rings. The summed E-state index contributed by atoms with van der Waals surface area (Å²) in [6.07, 6.45) is 0. The van der Waals surface area contributed by atoms with Gasteiger partial charge in [0, 0.05) is 12.0 Å². The molecule has 0 radical (unpaired) electrons. The first kappa shape index (κ1) is 10.8. The van der Waals surface area contributed by atoms with Crippen molar-refractivity contribution in [1.82, 2.24) is 5.32 Å². The quantitative estimate of drug-likeness (QED) is 0.785. The highest BCUT2D eigenvalue weighted by atomic mass is 14.9. The van der Waals surface area contributed by atoms with Gasteiger partial charge in [0.1, 0.15) is 0 Å². The highest BCUT2D eigenvalue weighted by molar-refractivity contribution is 5.83. The first-order chi connectivity index (χ1) is 8.20. The monoisotopic (exact) mass is 225 g/mol. The van der Waals surface area contributed by atoms with E-state index in [1.807, 2.05) is 0 Å². The summed E-state index contributed by atoms with van der Waals surface area (Å²) in [5.74, 6) is 0.698.